The zero-order valence-corrected chi connectivity index (χ0v) is 20.6. The predicted octanol–water partition coefficient (Wildman–Crippen LogP) is 4.37. The number of halogens is 1. The van der Waals surface area contributed by atoms with E-state index in [1.54, 1.807) is 24.8 Å². The van der Waals surface area contributed by atoms with Crippen molar-refractivity contribution < 1.29 is 32.5 Å². The summed E-state index contributed by atoms with van der Waals surface area (Å²) in [6.07, 6.45) is 0.734. The third-order valence-electron chi connectivity index (χ3n) is 5.03. The van der Waals surface area contributed by atoms with E-state index in [0.29, 0.717) is 37.4 Å². The number of rotatable bonds is 15. The second kappa shape index (κ2) is 13.6. The SMILES string of the molecule is CCC(C)(C)C(=O)OCCOCCSCCOCCOc1cc(=O)oc2c(F)cc(C)cc12. The zero-order valence-electron chi connectivity index (χ0n) is 19.7. The van der Waals surface area contributed by atoms with E-state index >= 15 is 0 Å². The van der Waals surface area contributed by atoms with Crippen LogP contribution in [0.5, 0.6) is 5.75 Å². The fourth-order valence-corrected chi connectivity index (χ4v) is 3.41. The first-order valence-electron chi connectivity index (χ1n) is 11.0. The van der Waals surface area contributed by atoms with E-state index in [4.69, 9.17) is 23.4 Å². The average Bonchev–Trinajstić information content (AvgIpc) is 2.77. The van der Waals surface area contributed by atoms with Gasteiger partial charge in [-0.15, -0.1) is 0 Å². The minimum Gasteiger partial charge on any atom is -0.490 e. The normalized spacial score (nSPS) is 11.7. The molecule has 0 spiro atoms. The minimum absolute atomic E-state index is 0.106. The molecule has 0 saturated carbocycles. The van der Waals surface area contributed by atoms with Gasteiger partial charge in [0.2, 0.25) is 0 Å². The Kier molecular flexibility index (Phi) is 11.2. The van der Waals surface area contributed by atoms with Gasteiger partial charge in [-0.1, -0.05) is 6.92 Å². The molecular weight excluding hydrogens is 451 g/mol. The van der Waals surface area contributed by atoms with Gasteiger partial charge in [-0.3, -0.25) is 4.79 Å². The third kappa shape index (κ3) is 8.98. The van der Waals surface area contributed by atoms with Gasteiger partial charge in [-0.05, 0) is 44.9 Å². The fraction of sp³-hybridized carbons (Fsp3) is 0.583. The molecule has 0 aliphatic rings. The molecule has 0 N–H and O–H groups in total. The van der Waals surface area contributed by atoms with Crippen LogP contribution in [0.15, 0.2) is 27.4 Å². The van der Waals surface area contributed by atoms with Crippen molar-refractivity contribution in [2.45, 2.75) is 34.1 Å². The number of ether oxygens (including phenoxy) is 4. The molecule has 0 atom stereocenters. The quantitative estimate of drug-likeness (QED) is 0.209. The van der Waals surface area contributed by atoms with E-state index in [1.165, 1.54) is 12.1 Å². The van der Waals surface area contributed by atoms with Crippen molar-refractivity contribution in [3.8, 4) is 5.75 Å². The Bertz CT molecular complexity index is 958. The molecule has 0 unspecified atom stereocenters. The Morgan fingerprint density at radius 2 is 1.70 bits per heavy atom. The first-order chi connectivity index (χ1) is 15.7. The highest BCUT2D eigenvalue weighted by molar-refractivity contribution is 7.99. The van der Waals surface area contributed by atoms with Crippen LogP contribution in [-0.4, -0.2) is 57.1 Å². The van der Waals surface area contributed by atoms with Crippen molar-refractivity contribution in [1.82, 2.24) is 0 Å². The summed E-state index contributed by atoms with van der Waals surface area (Å²) in [6, 6.07) is 4.23. The summed E-state index contributed by atoms with van der Waals surface area (Å²) in [5.41, 5.74) is -0.521. The van der Waals surface area contributed by atoms with Gasteiger partial charge in [-0.25, -0.2) is 9.18 Å². The zero-order chi connectivity index (χ0) is 24.3. The maximum atomic E-state index is 14.0. The molecule has 0 amide bonds. The number of hydrogen-bond donors (Lipinski definition) is 0. The molecule has 33 heavy (non-hydrogen) atoms. The third-order valence-corrected chi connectivity index (χ3v) is 5.94. The molecule has 0 aliphatic carbocycles. The van der Waals surface area contributed by atoms with Crippen LogP contribution < -0.4 is 10.4 Å². The average molecular weight is 485 g/mol. The number of esters is 1. The molecule has 0 radical (unpaired) electrons. The molecule has 2 rings (SSSR count). The van der Waals surface area contributed by atoms with Gasteiger partial charge >= 0.3 is 11.6 Å². The van der Waals surface area contributed by atoms with Crippen LogP contribution in [0.1, 0.15) is 32.8 Å². The monoisotopic (exact) mass is 484 g/mol. The van der Waals surface area contributed by atoms with Crippen molar-refractivity contribution in [1.29, 1.82) is 0 Å². The maximum absolute atomic E-state index is 14.0. The lowest BCUT2D eigenvalue weighted by atomic mass is 9.91. The van der Waals surface area contributed by atoms with Crippen LogP contribution >= 0.6 is 11.8 Å². The molecule has 2 aromatic rings. The van der Waals surface area contributed by atoms with Gasteiger partial charge < -0.3 is 23.4 Å². The molecular formula is C24H33FO7S. The van der Waals surface area contributed by atoms with Crippen molar-refractivity contribution in [3.05, 3.63) is 40.0 Å². The van der Waals surface area contributed by atoms with Crippen molar-refractivity contribution in [3.63, 3.8) is 0 Å². The summed E-state index contributed by atoms with van der Waals surface area (Å²) in [5, 5.41) is 0.423. The highest BCUT2D eigenvalue weighted by atomic mass is 32.2. The van der Waals surface area contributed by atoms with Gasteiger partial charge in [0, 0.05) is 11.5 Å². The number of aryl methyl sites for hydroxylation is 1. The summed E-state index contributed by atoms with van der Waals surface area (Å²) < 4.78 is 40.8. The van der Waals surface area contributed by atoms with Crippen molar-refractivity contribution in [2.24, 2.45) is 5.41 Å². The summed E-state index contributed by atoms with van der Waals surface area (Å²) >= 11 is 1.69. The molecule has 1 heterocycles. The summed E-state index contributed by atoms with van der Waals surface area (Å²) in [6.45, 7) is 9.78. The number of carbonyl (C=O) groups is 1. The highest BCUT2D eigenvalue weighted by Gasteiger charge is 2.26. The lowest BCUT2D eigenvalue weighted by Crippen LogP contribution is -2.27. The number of fused-ring (bicyclic) bond motifs is 1. The number of thioether (sulfide) groups is 1. The number of benzene rings is 1. The second-order valence-electron chi connectivity index (χ2n) is 8.11. The van der Waals surface area contributed by atoms with E-state index < -0.39 is 16.9 Å². The smallest absolute Gasteiger partial charge is 0.340 e. The summed E-state index contributed by atoms with van der Waals surface area (Å²) in [7, 11) is 0. The van der Waals surface area contributed by atoms with Gasteiger partial charge in [0.15, 0.2) is 11.4 Å². The fourth-order valence-electron chi connectivity index (χ4n) is 2.74. The lowest BCUT2D eigenvalue weighted by Gasteiger charge is -2.20. The van der Waals surface area contributed by atoms with Gasteiger partial charge in [0.25, 0.3) is 0 Å². The van der Waals surface area contributed by atoms with Crippen LogP contribution in [-0.2, 0) is 19.0 Å². The molecule has 0 bridgehead atoms. The topological polar surface area (TPSA) is 84.2 Å². The van der Waals surface area contributed by atoms with Crippen LogP contribution in [0.2, 0.25) is 0 Å². The molecule has 1 aromatic carbocycles. The first-order valence-corrected chi connectivity index (χ1v) is 12.2. The summed E-state index contributed by atoms with van der Waals surface area (Å²) in [5.74, 6) is 1.10. The van der Waals surface area contributed by atoms with Crippen LogP contribution in [0.4, 0.5) is 4.39 Å². The molecule has 0 saturated heterocycles. The Morgan fingerprint density at radius 3 is 2.36 bits per heavy atom. The Morgan fingerprint density at radius 1 is 1.03 bits per heavy atom. The van der Waals surface area contributed by atoms with Gasteiger partial charge in [-0.2, -0.15) is 11.8 Å². The van der Waals surface area contributed by atoms with E-state index in [-0.39, 0.29) is 30.5 Å². The first kappa shape index (κ1) is 27.1. The van der Waals surface area contributed by atoms with Crippen LogP contribution in [0, 0.1) is 18.2 Å². The number of carbonyl (C=O) groups excluding carboxylic acids is 1. The molecule has 9 heteroatoms. The second-order valence-corrected chi connectivity index (χ2v) is 9.34. The van der Waals surface area contributed by atoms with Crippen LogP contribution in [0.3, 0.4) is 0 Å². The van der Waals surface area contributed by atoms with E-state index in [0.717, 1.165) is 17.9 Å². The largest absolute Gasteiger partial charge is 0.490 e. The van der Waals surface area contributed by atoms with Crippen molar-refractivity contribution in [2.75, 3.05) is 51.1 Å². The Balaban J connectivity index is 1.53. The highest BCUT2D eigenvalue weighted by Crippen LogP contribution is 2.27. The summed E-state index contributed by atoms with van der Waals surface area (Å²) in [4.78, 5) is 23.5. The Labute approximate surface area is 197 Å². The van der Waals surface area contributed by atoms with E-state index in [1.807, 2.05) is 20.8 Å². The molecule has 184 valence electrons. The molecule has 0 fully saturated rings. The predicted molar refractivity (Wildman–Crippen MR) is 127 cm³/mol. The molecule has 0 aliphatic heterocycles. The minimum atomic E-state index is -0.664. The van der Waals surface area contributed by atoms with Crippen molar-refractivity contribution >= 4 is 28.7 Å². The molecule has 1 aromatic heterocycles. The van der Waals surface area contributed by atoms with Gasteiger partial charge in [0.05, 0.1) is 43.3 Å². The molecule has 7 nitrogen and oxygen atoms in total. The maximum Gasteiger partial charge on any atom is 0.340 e. The van der Waals surface area contributed by atoms with Crippen LogP contribution in [0.25, 0.3) is 11.0 Å². The lowest BCUT2D eigenvalue weighted by molar-refractivity contribution is -0.155. The van der Waals surface area contributed by atoms with E-state index in [9.17, 15) is 14.0 Å². The van der Waals surface area contributed by atoms with E-state index in [2.05, 4.69) is 0 Å². The number of hydrogen-bond acceptors (Lipinski definition) is 8. The Hall–Kier alpha value is -2.10. The van der Waals surface area contributed by atoms with Gasteiger partial charge in [0.1, 0.15) is 19.0 Å². The standard InChI is InChI=1S/C24H33FO7S/c1-5-24(3,4)23(27)31-9-7-29-11-13-33-12-10-28-6-8-30-20-16-21(26)32-22-18(20)14-17(2)15-19(22)25/h14-16H,5-13H2,1-4H3.